The van der Waals surface area contributed by atoms with E-state index in [1.54, 1.807) is 4.90 Å². The molecule has 0 radical (unpaired) electrons. The Bertz CT molecular complexity index is 1140. The lowest BCUT2D eigenvalue weighted by molar-refractivity contribution is 0.0746. The summed E-state index contributed by atoms with van der Waals surface area (Å²) in [7, 11) is -3.95. The number of sulfonamides is 1. The number of rotatable bonds is 5. The largest absolute Gasteiger partial charge is 0.353 e. The van der Waals surface area contributed by atoms with E-state index in [2.05, 4.69) is 28.7 Å². The van der Waals surface area contributed by atoms with Gasteiger partial charge in [-0.15, -0.1) is 0 Å². The molecule has 178 valence electrons. The standard InChI is InChI=1S/C23H30FN5O3S/c1-16(2)22-25-17(3)14-21(26-22)27-10-12-28(13-11-27)23(30)18-6-7-19(24)20(15-18)33(31,32)29-8-4-5-9-29/h6-7,14-16H,4-5,8-13H2,1-3H3. The van der Waals surface area contributed by atoms with Crippen LogP contribution in [0.2, 0.25) is 0 Å². The Morgan fingerprint density at radius 2 is 1.67 bits per heavy atom. The van der Waals surface area contributed by atoms with Crippen LogP contribution in [0, 0.1) is 12.7 Å². The summed E-state index contributed by atoms with van der Waals surface area (Å²) in [5.41, 5.74) is 1.09. The number of halogens is 1. The third-order valence-corrected chi connectivity index (χ3v) is 8.04. The molecule has 0 bridgehead atoms. The average Bonchev–Trinajstić information content (AvgIpc) is 3.34. The summed E-state index contributed by atoms with van der Waals surface area (Å²) >= 11 is 0. The van der Waals surface area contributed by atoms with E-state index >= 15 is 0 Å². The SMILES string of the molecule is Cc1cc(N2CCN(C(=O)c3ccc(F)c(S(=O)(=O)N4CCCC4)c3)CC2)nc(C(C)C)n1. The molecule has 2 aromatic rings. The Hall–Kier alpha value is -2.59. The van der Waals surface area contributed by atoms with Crippen LogP contribution in [0.15, 0.2) is 29.2 Å². The predicted molar refractivity (Wildman–Crippen MR) is 123 cm³/mol. The summed E-state index contributed by atoms with van der Waals surface area (Å²) in [4.78, 5) is 25.6. The zero-order valence-corrected chi connectivity index (χ0v) is 20.1. The van der Waals surface area contributed by atoms with Crippen molar-refractivity contribution in [3.8, 4) is 0 Å². The Kier molecular flexibility index (Phi) is 6.67. The van der Waals surface area contributed by atoms with Crippen LogP contribution in [0.25, 0.3) is 0 Å². The lowest BCUT2D eigenvalue weighted by atomic mass is 10.1. The smallest absolute Gasteiger partial charge is 0.254 e. The van der Waals surface area contributed by atoms with Gasteiger partial charge in [-0.25, -0.2) is 22.8 Å². The maximum absolute atomic E-state index is 14.4. The molecule has 2 aliphatic rings. The van der Waals surface area contributed by atoms with Gasteiger partial charge in [-0.1, -0.05) is 13.8 Å². The molecular weight excluding hydrogens is 445 g/mol. The highest BCUT2D eigenvalue weighted by atomic mass is 32.2. The van der Waals surface area contributed by atoms with E-state index in [0.717, 1.165) is 36.2 Å². The van der Waals surface area contributed by atoms with E-state index in [1.165, 1.54) is 16.4 Å². The second-order valence-electron chi connectivity index (χ2n) is 8.92. The van der Waals surface area contributed by atoms with Crippen LogP contribution in [0.4, 0.5) is 10.2 Å². The minimum atomic E-state index is -3.95. The number of aryl methyl sites for hydroxylation is 1. The summed E-state index contributed by atoms with van der Waals surface area (Å²) in [5, 5.41) is 0. The van der Waals surface area contributed by atoms with Gasteiger partial charge in [0.1, 0.15) is 22.4 Å². The Balaban J connectivity index is 1.48. The number of carbonyl (C=O) groups excluding carboxylic acids is 1. The predicted octanol–water partition coefficient (Wildman–Crippen LogP) is 2.79. The topological polar surface area (TPSA) is 86.7 Å². The molecule has 2 saturated heterocycles. The van der Waals surface area contributed by atoms with Crippen LogP contribution in [0.3, 0.4) is 0 Å². The number of hydrogen-bond acceptors (Lipinski definition) is 6. The van der Waals surface area contributed by atoms with Gasteiger partial charge in [-0.05, 0) is 38.0 Å². The number of aromatic nitrogens is 2. The van der Waals surface area contributed by atoms with Crippen LogP contribution in [-0.4, -0.2) is 72.8 Å². The number of anilines is 1. The molecule has 0 aliphatic carbocycles. The maximum atomic E-state index is 14.4. The van der Waals surface area contributed by atoms with Crippen molar-refractivity contribution in [3.63, 3.8) is 0 Å². The van der Waals surface area contributed by atoms with Crippen molar-refractivity contribution in [1.82, 2.24) is 19.2 Å². The zero-order chi connectivity index (χ0) is 23.8. The van der Waals surface area contributed by atoms with Gasteiger partial charge < -0.3 is 9.80 Å². The van der Waals surface area contributed by atoms with E-state index in [-0.39, 0.29) is 17.4 Å². The molecule has 2 fully saturated rings. The van der Waals surface area contributed by atoms with Crippen LogP contribution in [0.5, 0.6) is 0 Å². The number of piperazine rings is 1. The number of benzene rings is 1. The van der Waals surface area contributed by atoms with E-state index in [4.69, 9.17) is 0 Å². The van der Waals surface area contributed by atoms with Crippen molar-refractivity contribution in [2.75, 3.05) is 44.2 Å². The van der Waals surface area contributed by atoms with Gasteiger partial charge in [0.25, 0.3) is 5.91 Å². The van der Waals surface area contributed by atoms with Crippen LogP contribution in [0.1, 0.15) is 54.5 Å². The molecule has 0 saturated carbocycles. The quantitative estimate of drug-likeness (QED) is 0.661. The van der Waals surface area contributed by atoms with Crippen molar-refractivity contribution in [2.24, 2.45) is 0 Å². The van der Waals surface area contributed by atoms with E-state index in [1.807, 2.05) is 13.0 Å². The summed E-state index contributed by atoms with van der Waals surface area (Å²) in [5.74, 6) is 0.731. The molecule has 0 atom stereocenters. The Morgan fingerprint density at radius 3 is 2.30 bits per heavy atom. The van der Waals surface area contributed by atoms with Gasteiger partial charge in [0, 0.05) is 62.5 Å². The van der Waals surface area contributed by atoms with Gasteiger partial charge in [0.15, 0.2) is 0 Å². The lowest BCUT2D eigenvalue weighted by Gasteiger charge is -2.35. The first-order valence-corrected chi connectivity index (χ1v) is 12.8. The highest BCUT2D eigenvalue weighted by molar-refractivity contribution is 7.89. The highest BCUT2D eigenvalue weighted by Crippen LogP contribution is 2.25. The fourth-order valence-corrected chi connectivity index (χ4v) is 5.82. The van der Waals surface area contributed by atoms with Crippen LogP contribution in [-0.2, 0) is 10.0 Å². The number of carbonyl (C=O) groups is 1. The van der Waals surface area contributed by atoms with E-state index < -0.39 is 20.7 Å². The van der Waals surface area contributed by atoms with Gasteiger partial charge in [0.2, 0.25) is 10.0 Å². The number of amides is 1. The summed E-state index contributed by atoms with van der Waals surface area (Å²) in [6.07, 6.45) is 1.52. The highest BCUT2D eigenvalue weighted by Gasteiger charge is 2.31. The molecule has 4 rings (SSSR count). The van der Waals surface area contributed by atoms with Gasteiger partial charge >= 0.3 is 0 Å². The van der Waals surface area contributed by atoms with E-state index in [9.17, 15) is 17.6 Å². The minimum Gasteiger partial charge on any atom is -0.353 e. The molecule has 3 heterocycles. The molecule has 0 spiro atoms. The van der Waals surface area contributed by atoms with Gasteiger partial charge in [0.05, 0.1) is 0 Å². The molecular formula is C23H30FN5O3S. The van der Waals surface area contributed by atoms with Crippen LogP contribution < -0.4 is 4.90 Å². The van der Waals surface area contributed by atoms with Crippen molar-refractivity contribution < 1.29 is 17.6 Å². The lowest BCUT2D eigenvalue weighted by Crippen LogP contribution is -2.49. The second-order valence-corrected chi connectivity index (χ2v) is 10.8. The monoisotopic (exact) mass is 475 g/mol. The molecule has 0 N–H and O–H groups in total. The normalized spacial score (nSPS) is 17.7. The van der Waals surface area contributed by atoms with Crippen molar-refractivity contribution >= 4 is 21.7 Å². The van der Waals surface area contributed by atoms with E-state index in [0.29, 0.717) is 39.3 Å². The first-order valence-electron chi connectivity index (χ1n) is 11.4. The van der Waals surface area contributed by atoms with Gasteiger partial charge in [-0.2, -0.15) is 4.31 Å². The molecule has 1 aromatic carbocycles. The summed E-state index contributed by atoms with van der Waals surface area (Å²) in [6, 6.07) is 5.55. The third kappa shape index (κ3) is 4.86. The first-order chi connectivity index (χ1) is 15.7. The minimum absolute atomic E-state index is 0.183. The number of nitrogens with zero attached hydrogens (tertiary/aromatic N) is 5. The molecule has 0 unspecified atom stereocenters. The molecule has 1 amide bonds. The van der Waals surface area contributed by atoms with Crippen molar-refractivity contribution in [1.29, 1.82) is 0 Å². The molecule has 8 nitrogen and oxygen atoms in total. The molecule has 2 aliphatic heterocycles. The Morgan fingerprint density at radius 1 is 1.00 bits per heavy atom. The molecule has 33 heavy (non-hydrogen) atoms. The Labute approximate surface area is 194 Å². The van der Waals surface area contributed by atoms with Crippen molar-refractivity contribution in [3.05, 3.63) is 47.2 Å². The zero-order valence-electron chi connectivity index (χ0n) is 19.3. The van der Waals surface area contributed by atoms with Crippen molar-refractivity contribution in [2.45, 2.75) is 44.4 Å². The summed E-state index contributed by atoms with van der Waals surface area (Å²) < 4.78 is 41.4. The maximum Gasteiger partial charge on any atom is 0.254 e. The van der Waals surface area contributed by atoms with Gasteiger partial charge in [-0.3, -0.25) is 4.79 Å². The second kappa shape index (κ2) is 9.34. The first kappa shape index (κ1) is 23.6. The fourth-order valence-electron chi connectivity index (χ4n) is 4.22. The third-order valence-electron chi connectivity index (χ3n) is 6.13. The fraction of sp³-hybridized carbons (Fsp3) is 0.522. The molecule has 1 aromatic heterocycles. The molecule has 10 heteroatoms. The van der Waals surface area contributed by atoms with Crippen LogP contribution >= 0.6 is 0 Å². The average molecular weight is 476 g/mol. The number of hydrogen-bond donors (Lipinski definition) is 0. The summed E-state index contributed by atoms with van der Waals surface area (Å²) in [6.45, 7) is 8.92.